The molecule has 0 radical (unpaired) electrons. The van der Waals surface area contributed by atoms with Crippen LogP contribution in [-0.2, 0) is 6.54 Å². The number of hydrogen-bond acceptors (Lipinski definition) is 6. The van der Waals surface area contributed by atoms with E-state index in [4.69, 9.17) is 9.97 Å². The van der Waals surface area contributed by atoms with Crippen LogP contribution in [0.25, 0.3) is 21.3 Å². The van der Waals surface area contributed by atoms with Crippen LogP contribution in [0, 0.1) is 5.82 Å². The van der Waals surface area contributed by atoms with E-state index in [1.165, 1.54) is 12.1 Å². The molecule has 0 aliphatic rings. The minimum atomic E-state index is -0.785. The van der Waals surface area contributed by atoms with Crippen LogP contribution in [0.15, 0.2) is 60.0 Å². The molecule has 0 fully saturated rings. The number of nitrogens with one attached hydrogen (secondary N) is 1. The first kappa shape index (κ1) is 20.4. The number of hydrogen-bond donors (Lipinski definition) is 2. The quantitative estimate of drug-likeness (QED) is 0.452. The van der Waals surface area contributed by atoms with Crippen molar-refractivity contribution in [1.29, 1.82) is 0 Å². The monoisotopic (exact) mass is 422 g/mol. The predicted octanol–water partition coefficient (Wildman–Crippen LogP) is 4.70. The molecule has 2 heterocycles. The Balaban J connectivity index is 1.70. The summed E-state index contributed by atoms with van der Waals surface area (Å²) >= 11 is 1.58. The van der Waals surface area contributed by atoms with Gasteiger partial charge in [-0.1, -0.05) is 42.5 Å². The fourth-order valence-electron chi connectivity index (χ4n) is 3.29. The van der Waals surface area contributed by atoms with Crippen molar-refractivity contribution in [2.45, 2.75) is 12.6 Å². The molecule has 4 aromatic rings. The number of anilines is 1. The Morgan fingerprint density at radius 3 is 2.50 bits per heavy atom. The van der Waals surface area contributed by atoms with Gasteiger partial charge in [0.05, 0.1) is 18.0 Å². The Kier molecular flexibility index (Phi) is 6.03. The minimum Gasteiger partial charge on any atom is -0.387 e. The van der Waals surface area contributed by atoms with Gasteiger partial charge < -0.3 is 15.3 Å². The van der Waals surface area contributed by atoms with Gasteiger partial charge in [-0.25, -0.2) is 14.4 Å². The fourth-order valence-corrected chi connectivity index (χ4v) is 4.26. The Bertz CT molecular complexity index is 1130. The highest BCUT2D eigenvalue weighted by Gasteiger charge is 2.17. The number of fused-ring (bicyclic) bond motifs is 1. The van der Waals surface area contributed by atoms with E-state index in [1.807, 2.05) is 37.2 Å². The van der Waals surface area contributed by atoms with Gasteiger partial charge in [0.1, 0.15) is 22.3 Å². The number of aromatic nitrogens is 2. The standard InChI is InChI=1S/C23H23FN4OS/c1-28(2)13-20-26-22(25-12-19(29)16-8-10-17(24)11-9-16)21-18(14-30-23(21)27-20)15-6-4-3-5-7-15/h3-11,14,19,29H,12-13H2,1-2H3,(H,25,26,27). The predicted molar refractivity (Wildman–Crippen MR) is 120 cm³/mol. The van der Waals surface area contributed by atoms with Crippen LogP contribution in [0.2, 0.25) is 0 Å². The second-order valence-corrected chi connectivity index (χ2v) is 8.23. The molecule has 0 saturated carbocycles. The van der Waals surface area contributed by atoms with Crippen molar-refractivity contribution in [3.05, 3.63) is 77.2 Å². The number of nitrogens with zero attached hydrogens (tertiary/aromatic N) is 3. The summed E-state index contributed by atoms with van der Waals surface area (Å²) in [5.74, 6) is 1.08. The highest BCUT2D eigenvalue weighted by molar-refractivity contribution is 7.17. The third-order valence-electron chi connectivity index (χ3n) is 4.74. The summed E-state index contributed by atoms with van der Waals surface area (Å²) in [5.41, 5.74) is 2.80. The Hall–Kier alpha value is -2.87. The van der Waals surface area contributed by atoms with Crippen LogP contribution < -0.4 is 5.32 Å². The average molecular weight is 423 g/mol. The van der Waals surface area contributed by atoms with E-state index < -0.39 is 6.10 Å². The minimum absolute atomic E-state index is 0.253. The molecule has 4 rings (SSSR count). The zero-order valence-electron chi connectivity index (χ0n) is 16.8. The number of aliphatic hydroxyl groups is 1. The van der Waals surface area contributed by atoms with Crippen molar-refractivity contribution >= 4 is 27.4 Å². The number of aliphatic hydroxyl groups excluding tert-OH is 1. The maximum atomic E-state index is 13.2. The van der Waals surface area contributed by atoms with Crippen LogP contribution in [0.4, 0.5) is 10.2 Å². The Morgan fingerprint density at radius 1 is 1.07 bits per heavy atom. The molecular formula is C23H23FN4OS. The smallest absolute Gasteiger partial charge is 0.146 e. The molecule has 1 unspecified atom stereocenters. The maximum absolute atomic E-state index is 13.2. The van der Waals surface area contributed by atoms with Gasteiger partial charge >= 0.3 is 0 Å². The normalized spacial score (nSPS) is 12.4. The van der Waals surface area contributed by atoms with Crippen molar-refractivity contribution in [3.8, 4) is 11.1 Å². The van der Waals surface area contributed by atoms with Crippen molar-refractivity contribution in [3.63, 3.8) is 0 Å². The summed E-state index contributed by atoms with van der Waals surface area (Å²) in [6, 6.07) is 16.0. The Labute approximate surface area is 178 Å². The summed E-state index contributed by atoms with van der Waals surface area (Å²) in [6.45, 7) is 0.868. The summed E-state index contributed by atoms with van der Waals surface area (Å²) in [7, 11) is 3.95. The molecule has 2 aromatic carbocycles. The molecule has 7 heteroatoms. The van der Waals surface area contributed by atoms with Gasteiger partial charge in [0.15, 0.2) is 0 Å². The molecule has 154 valence electrons. The van der Waals surface area contributed by atoms with E-state index in [2.05, 4.69) is 22.8 Å². The lowest BCUT2D eigenvalue weighted by Crippen LogP contribution is -2.16. The summed E-state index contributed by atoms with van der Waals surface area (Å²) in [4.78, 5) is 12.4. The van der Waals surface area contributed by atoms with E-state index in [9.17, 15) is 9.50 Å². The van der Waals surface area contributed by atoms with Gasteiger partial charge in [0.2, 0.25) is 0 Å². The van der Waals surface area contributed by atoms with Crippen LogP contribution >= 0.6 is 11.3 Å². The highest BCUT2D eigenvalue weighted by Crippen LogP contribution is 2.37. The lowest BCUT2D eigenvalue weighted by molar-refractivity contribution is 0.191. The molecule has 2 aromatic heterocycles. The molecule has 1 atom stereocenters. The summed E-state index contributed by atoms with van der Waals surface area (Å²) in [6.07, 6.45) is -0.785. The molecule has 0 amide bonds. The highest BCUT2D eigenvalue weighted by atomic mass is 32.1. The van der Waals surface area contributed by atoms with Crippen molar-refractivity contribution in [2.75, 3.05) is 26.0 Å². The molecule has 5 nitrogen and oxygen atoms in total. The lowest BCUT2D eigenvalue weighted by Gasteiger charge is -2.16. The topological polar surface area (TPSA) is 61.3 Å². The third-order valence-corrected chi connectivity index (χ3v) is 5.61. The van der Waals surface area contributed by atoms with Crippen molar-refractivity contribution in [2.24, 2.45) is 0 Å². The van der Waals surface area contributed by atoms with Crippen molar-refractivity contribution < 1.29 is 9.50 Å². The largest absolute Gasteiger partial charge is 0.387 e. The number of rotatable bonds is 7. The Morgan fingerprint density at radius 2 is 1.80 bits per heavy atom. The number of benzene rings is 2. The van der Waals surface area contributed by atoms with Gasteiger partial charge in [0, 0.05) is 17.5 Å². The van der Waals surface area contributed by atoms with Crippen LogP contribution in [-0.4, -0.2) is 40.6 Å². The third kappa shape index (κ3) is 4.48. The molecule has 0 aliphatic heterocycles. The van der Waals surface area contributed by atoms with E-state index in [0.29, 0.717) is 23.8 Å². The zero-order valence-corrected chi connectivity index (χ0v) is 17.7. The number of thiophene rings is 1. The van der Waals surface area contributed by atoms with E-state index >= 15 is 0 Å². The number of halogens is 1. The van der Waals surface area contributed by atoms with Gasteiger partial charge in [-0.3, -0.25) is 0 Å². The first-order valence-corrected chi connectivity index (χ1v) is 10.5. The van der Waals surface area contributed by atoms with Gasteiger partial charge in [0.25, 0.3) is 0 Å². The molecule has 2 N–H and O–H groups in total. The van der Waals surface area contributed by atoms with Gasteiger partial charge in [-0.2, -0.15) is 0 Å². The zero-order chi connectivity index (χ0) is 21.1. The lowest BCUT2D eigenvalue weighted by atomic mass is 10.1. The summed E-state index contributed by atoms with van der Waals surface area (Å²) < 4.78 is 13.2. The second kappa shape index (κ2) is 8.87. The fraction of sp³-hybridized carbons (Fsp3) is 0.217. The van der Waals surface area contributed by atoms with Gasteiger partial charge in [-0.15, -0.1) is 11.3 Å². The van der Waals surface area contributed by atoms with Crippen LogP contribution in [0.3, 0.4) is 0 Å². The average Bonchev–Trinajstić information content (AvgIpc) is 3.16. The first-order valence-electron chi connectivity index (χ1n) is 9.67. The van der Waals surface area contributed by atoms with E-state index in [-0.39, 0.29) is 12.4 Å². The SMILES string of the molecule is CN(C)Cc1nc(NCC(O)c2ccc(F)cc2)c2c(-c3ccccc3)csc2n1. The van der Waals surface area contributed by atoms with E-state index in [0.717, 1.165) is 21.3 Å². The van der Waals surface area contributed by atoms with Gasteiger partial charge in [-0.05, 0) is 37.4 Å². The first-order chi connectivity index (χ1) is 14.5. The van der Waals surface area contributed by atoms with Crippen LogP contribution in [0.1, 0.15) is 17.5 Å². The molecule has 0 bridgehead atoms. The van der Waals surface area contributed by atoms with E-state index in [1.54, 1.807) is 23.5 Å². The molecule has 0 aliphatic carbocycles. The summed E-state index contributed by atoms with van der Waals surface area (Å²) in [5, 5.41) is 16.9. The second-order valence-electron chi connectivity index (χ2n) is 7.37. The van der Waals surface area contributed by atoms with Crippen LogP contribution in [0.5, 0.6) is 0 Å². The molecule has 30 heavy (non-hydrogen) atoms. The van der Waals surface area contributed by atoms with Crippen molar-refractivity contribution in [1.82, 2.24) is 14.9 Å². The molecular weight excluding hydrogens is 399 g/mol. The molecule has 0 spiro atoms. The maximum Gasteiger partial charge on any atom is 0.146 e. The molecule has 0 saturated heterocycles.